The van der Waals surface area contributed by atoms with Crippen LogP contribution in [0.5, 0.6) is 0 Å². The van der Waals surface area contributed by atoms with E-state index >= 15 is 0 Å². The number of hydrogen-bond acceptors (Lipinski definition) is 8. The third-order valence-corrected chi connectivity index (χ3v) is 7.00. The van der Waals surface area contributed by atoms with Crippen molar-refractivity contribution in [3.05, 3.63) is 16.9 Å². The van der Waals surface area contributed by atoms with Gasteiger partial charge in [-0.2, -0.15) is 13.2 Å². The van der Waals surface area contributed by atoms with E-state index < -0.39 is 30.8 Å². The fourth-order valence-corrected chi connectivity index (χ4v) is 5.18. The van der Waals surface area contributed by atoms with E-state index in [1.807, 2.05) is 0 Å². The van der Waals surface area contributed by atoms with Gasteiger partial charge in [0.15, 0.2) is 16.9 Å². The Morgan fingerprint density at radius 3 is 2.73 bits per heavy atom. The van der Waals surface area contributed by atoms with Gasteiger partial charge in [-0.05, 0) is 25.2 Å². The van der Waals surface area contributed by atoms with Crippen molar-refractivity contribution in [3.8, 4) is 0 Å². The highest BCUT2D eigenvalue weighted by Crippen LogP contribution is 2.37. The molecule has 8 nitrogen and oxygen atoms in total. The fraction of sp³-hybridized carbons (Fsp3) is 0.700. The summed E-state index contributed by atoms with van der Waals surface area (Å²) in [4.78, 5) is 30.1. The van der Waals surface area contributed by atoms with Gasteiger partial charge in [0, 0.05) is 31.3 Å². The van der Waals surface area contributed by atoms with E-state index in [9.17, 15) is 22.8 Å². The van der Waals surface area contributed by atoms with Gasteiger partial charge in [-0.25, -0.2) is 9.78 Å². The highest BCUT2D eigenvalue weighted by Gasteiger charge is 2.47. The number of amides is 1. The first-order valence-corrected chi connectivity index (χ1v) is 11.4. The number of rotatable bonds is 8. The zero-order valence-corrected chi connectivity index (χ0v) is 19.8. The van der Waals surface area contributed by atoms with E-state index in [-0.39, 0.29) is 36.7 Å². The highest BCUT2D eigenvalue weighted by atomic mass is 35.5. The van der Waals surface area contributed by atoms with Crippen LogP contribution < -0.4 is 16.4 Å². The average Bonchev–Trinajstić information content (AvgIpc) is 3.41. The number of anilines is 1. The summed E-state index contributed by atoms with van der Waals surface area (Å²) in [6.07, 6.45) is 2.42. The van der Waals surface area contributed by atoms with Gasteiger partial charge < -0.3 is 26.0 Å². The van der Waals surface area contributed by atoms with Crippen LogP contribution in [0, 0.1) is 5.92 Å². The minimum atomic E-state index is -4.51. The average molecular weight is 512 g/mol. The lowest BCUT2D eigenvalue weighted by Gasteiger charge is -2.27. The number of hydrogen-bond donors (Lipinski definition) is 3. The number of thiazole rings is 1. The Balaban J connectivity index is 0.00000385. The van der Waals surface area contributed by atoms with E-state index in [1.54, 1.807) is 5.94 Å². The molecule has 4 N–H and O–H groups in total. The first-order chi connectivity index (χ1) is 15.2. The molecular formula is C20H29ClF3N5O3S. The van der Waals surface area contributed by atoms with Crippen molar-refractivity contribution in [2.24, 2.45) is 11.7 Å². The Bertz CT molecular complexity index is 843. The molecule has 1 saturated carbocycles. The quantitative estimate of drug-likeness (QED) is 0.460. The van der Waals surface area contributed by atoms with E-state index in [2.05, 4.69) is 15.6 Å². The standard InChI is InChI=1S/C20H28F3N5O3S.ClH/c1-31-8-7-13(28-10-15(20(21,22)23)26-16(28)11-29)14-9-25-19(32-14)27-18(30)17(24)12-5-3-2-4-6-12;/h9,12-13,15,17,26H,2-8,10,24H2,1H3,(H,25,27,30);1H/t13?,15-,17-;/m0./s1. The summed E-state index contributed by atoms with van der Waals surface area (Å²) < 4.78 is 44.7. The van der Waals surface area contributed by atoms with Crippen LogP contribution in [0.1, 0.15) is 49.4 Å². The molecule has 0 spiro atoms. The van der Waals surface area contributed by atoms with Gasteiger partial charge in [-0.3, -0.25) is 4.79 Å². The molecule has 0 bridgehead atoms. The fourth-order valence-electron chi connectivity index (χ4n) is 4.21. The summed E-state index contributed by atoms with van der Waals surface area (Å²) in [5.74, 6) is 1.13. The summed E-state index contributed by atoms with van der Waals surface area (Å²) in [6, 6.07) is -3.10. The Hall–Kier alpha value is -1.85. The molecule has 1 amide bonds. The largest absolute Gasteiger partial charge is 0.410 e. The van der Waals surface area contributed by atoms with Gasteiger partial charge in [0.05, 0.1) is 12.1 Å². The van der Waals surface area contributed by atoms with Crippen LogP contribution in [-0.4, -0.2) is 60.3 Å². The number of nitrogens with zero attached hydrogens (tertiary/aromatic N) is 2. The number of alkyl halides is 3. The smallest absolute Gasteiger partial charge is 0.385 e. The number of methoxy groups -OCH3 is 1. The minimum Gasteiger partial charge on any atom is -0.385 e. The third-order valence-electron chi connectivity index (χ3n) is 5.98. The molecule has 2 heterocycles. The highest BCUT2D eigenvalue weighted by molar-refractivity contribution is 7.15. The number of nitrogens with two attached hydrogens (primary N) is 1. The monoisotopic (exact) mass is 511 g/mol. The molecular weight excluding hydrogens is 483 g/mol. The predicted octanol–water partition coefficient (Wildman–Crippen LogP) is 3.00. The van der Waals surface area contributed by atoms with Crippen molar-refractivity contribution >= 4 is 40.7 Å². The number of ether oxygens (including phenoxy) is 1. The van der Waals surface area contributed by atoms with Crippen molar-refractivity contribution in [2.75, 3.05) is 25.6 Å². The van der Waals surface area contributed by atoms with Gasteiger partial charge in [0.1, 0.15) is 6.04 Å². The van der Waals surface area contributed by atoms with Crippen molar-refractivity contribution in [1.82, 2.24) is 15.2 Å². The van der Waals surface area contributed by atoms with Gasteiger partial charge in [0.25, 0.3) is 0 Å². The van der Waals surface area contributed by atoms with Crippen LogP contribution in [0.4, 0.5) is 18.3 Å². The van der Waals surface area contributed by atoms with Crippen molar-refractivity contribution < 1.29 is 27.5 Å². The second-order valence-corrected chi connectivity index (χ2v) is 9.18. The Morgan fingerprint density at radius 1 is 1.42 bits per heavy atom. The van der Waals surface area contributed by atoms with E-state index in [1.165, 1.54) is 18.2 Å². The van der Waals surface area contributed by atoms with E-state index in [0.717, 1.165) is 43.4 Å². The Labute approximate surface area is 200 Å². The number of halogens is 4. The van der Waals surface area contributed by atoms with Crippen molar-refractivity contribution in [2.45, 2.75) is 62.8 Å². The van der Waals surface area contributed by atoms with Crippen molar-refractivity contribution in [3.63, 3.8) is 0 Å². The minimum absolute atomic E-state index is 0. The number of aromatic nitrogens is 1. The van der Waals surface area contributed by atoms with Gasteiger partial charge in [-0.15, -0.1) is 12.4 Å². The molecule has 13 heteroatoms. The van der Waals surface area contributed by atoms with Crippen LogP contribution >= 0.6 is 23.7 Å². The maximum atomic E-state index is 13.2. The zero-order chi connectivity index (χ0) is 23.3. The molecule has 1 aliphatic carbocycles. The molecule has 186 valence electrons. The molecule has 1 saturated heterocycles. The maximum Gasteiger partial charge on any atom is 0.410 e. The lowest BCUT2D eigenvalue weighted by Crippen LogP contribution is -2.42. The van der Waals surface area contributed by atoms with Gasteiger partial charge >= 0.3 is 6.18 Å². The first kappa shape index (κ1) is 27.4. The molecule has 2 aliphatic rings. The maximum absolute atomic E-state index is 13.2. The number of carbonyl (C=O) groups excluding carboxylic acids is 2. The topological polar surface area (TPSA) is 110 Å². The molecule has 1 unspecified atom stereocenters. The van der Waals surface area contributed by atoms with Crippen molar-refractivity contribution in [1.29, 1.82) is 0 Å². The normalized spacial score (nSPS) is 21.1. The molecule has 33 heavy (non-hydrogen) atoms. The molecule has 1 aliphatic heterocycles. The predicted molar refractivity (Wildman–Crippen MR) is 121 cm³/mol. The molecule has 0 radical (unpaired) electrons. The molecule has 3 atom stereocenters. The SMILES string of the molecule is COCCC(c1cnc(NC(=O)[C@@H](N)C2CCCCC2)s1)N1C[C@@H](C(F)(F)F)NC1=C=O.Cl. The second kappa shape index (κ2) is 12.0. The van der Waals surface area contributed by atoms with Crippen LogP contribution in [-0.2, 0) is 14.3 Å². The third kappa shape index (κ3) is 6.83. The summed E-state index contributed by atoms with van der Waals surface area (Å²) in [6.45, 7) is -0.176. The molecule has 2 fully saturated rings. The number of carbonyl (C=O) groups is 1. The molecule has 3 rings (SSSR count). The second-order valence-electron chi connectivity index (χ2n) is 8.12. The molecule has 1 aromatic heterocycles. The van der Waals surface area contributed by atoms with Gasteiger partial charge in [0.2, 0.25) is 5.91 Å². The van der Waals surface area contributed by atoms with Crippen LogP contribution in [0.25, 0.3) is 0 Å². The molecule has 1 aromatic rings. The van der Waals surface area contributed by atoms with E-state index in [0.29, 0.717) is 16.4 Å². The lowest BCUT2D eigenvalue weighted by atomic mass is 9.84. The van der Waals surface area contributed by atoms with Crippen LogP contribution in [0.15, 0.2) is 12.0 Å². The summed E-state index contributed by atoms with van der Waals surface area (Å²) in [5.41, 5.74) is 6.14. The van der Waals surface area contributed by atoms with E-state index in [4.69, 9.17) is 10.5 Å². The van der Waals surface area contributed by atoms with Crippen LogP contribution in [0.3, 0.4) is 0 Å². The Kier molecular flexibility index (Phi) is 9.99. The van der Waals surface area contributed by atoms with Gasteiger partial charge in [-0.1, -0.05) is 30.6 Å². The first-order valence-electron chi connectivity index (χ1n) is 10.6. The van der Waals surface area contributed by atoms with Crippen LogP contribution in [0.2, 0.25) is 0 Å². The lowest BCUT2D eigenvalue weighted by molar-refractivity contribution is -0.150. The zero-order valence-electron chi connectivity index (χ0n) is 18.2. The summed E-state index contributed by atoms with van der Waals surface area (Å²) >= 11 is 1.14. The number of nitrogens with one attached hydrogen (secondary N) is 2. The summed E-state index contributed by atoms with van der Waals surface area (Å²) in [7, 11) is 1.49. The summed E-state index contributed by atoms with van der Waals surface area (Å²) in [5, 5.41) is 5.25. The molecule has 0 aromatic carbocycles. The Morgan fingerprint density at radius 2 is 2.12 bits per heavy atom.